The molecule has 0 aliphatic carbocycles. The maximum absolute atomic E-state index is 12.5. The van der Waals surface area contributed by atoms with Gasteiger partial charge < -0.3 is 14.3 Å². The first-order valence-corrected chi connectivity index (χ1v) is 8.41. The quantitative estimate of drug-likeness (QED) is 0.802. The van der Waals surface area contributed by atoms with Gasteiger partial charge >= 0.3 is 0 Å². The highest BCUT2D eigenvalue weighted by molar-refractivity contribution is 7.13. The number of amides is 1. The molecule has 0 saturated heterocycles. The minimum atomic E-state index is -0.178. The van der Waals surface area contributed by atoms with E-state index >= 15 is 0 Å². The van der Waals surface area contributed by atoms with Gasteiger partial charge in [-0.1, -0.05) is 6.07 Å². The lowest BCUT2D eigenvalue weighted by molar-refractivity contribution is 0.0921. The molecule has 0 bridgehead atoms. The van der Waals surface area contributed by atoms with Crippen molar-refractivity contribution in [3.8, 4) is 10.8 Å². The minimum absolute atomic E-state index is 0.0884. The number of nitrogens with one attached hydrogen (secondary N) is 1. The van der Waals surface area contributed by atoms with Crippen molar-refractivity contribution in [2.24, 2.45) is 0 Å². The summed E-state index contributed by atoms with van der Waals surface area (Å²) in [4.78, 5) is 22.1. The zero-order chi connectivity index (χ0) is 15.8. The van der Waals surface area contributed by atoms with Gasteiger partial charge in [0.25, 0.3) is 5.91 Å². The maximum atomic E-state index is 12.5. The average molecular weight is 328 g/mol. The Hall–Kier alpha value is -2.41. The number of carbonyl (C=O) groups is 1. The molecule has 1 aliphatic rings. The van der Waals surface area contributed by atoms with Gasteiger partial charge in [-0.2, -0.15) is 0 Å². The summed E-state index contributed by atoms with van der Waals surface area (Å²) in [5, 5.41) is 5.02. The van der Waals surface area contributed by atoms with Gasteiger partial charge in [-0.15, -0.1) is 11.3 Å². The van der Waals surface area contributed by atoms with Crippen LogP contribution in [0.4, 0.5) is 0 Å². The molecule has 0 saturated carbocycles. The summed E-state index contributed by atoms with van der Waals surface area (Å²) >= 11 is 1.54. The summed E-state index contributed by atoms with van der Waals surface area (Å²) < 4.78 is 7.72. The van der Waals surface area contributed by atoms with Crippen molar-refractivity contribution >= 4 is 17.2 Å². The first-order valence-electron chi connectivity index (χ1n) is 7.53. The second-order valence-electron chi connectivity index (χ2n) is 5.61. The Morgan fingerprint density at radius 2 is 2.43 bits per heavy atom. The van der Waals surface area contributed by atoms with Crippen LogP contribution in [0, 0.1) is 6.92 Å². The van der Waals surface area contributed by atoms with Gasteiger partial charge in [-0.3, -0.25) is 4.79 Å². The van der Waals surface area contributed by atoms with Gasteiger partial charge in [0.15, 0.2) is 5.69 Å². The number of aromatic nitrogens is 3. The normalized spacial score (nSPS) is 17.0. The van der Waals surface area contributed by atoms with E-state index in [1.54, 1.807) is 24.5 Å². The number of hydrogen-bond acceptors (Lipinski definition) is 5. The Bertz CT molecular complexity index is 834. The van der Waals surface area contributed by atoms with Crippen molar-refractivity contribution in [2.75, 3.05) is 0 Å². The smallest absolute Gasteiger partial charge is 0.273 e. The van der Waals surface area contributed by atoms with Gasteiger partial charge in [0.05, 0.1) is 4.88 Å². The molecule has 0 aromatic carbocycles. The molecular formula is C16H16N4O2S. The van der Waals surface area contributed by atoms with Crippen LogP contribution in [0.15, 0.2) is 34.3 Å². The molecule has 7 heteroatoms. The van der Waals surface area contributed by atoms with E-state index in [0.717, 1.165) is 30.1 Å². The molecule has 0 fully saturated rings. The molecule has 118 valence electrons. The van der Waals surface area contributed by atoms with Crippen LogP contribution in [0.25, 0.3) is 10.8 Å². The molecule has 1 aliphatic heterocycles. The third-order valence-corrected chi connectivity index (χ3v) is 4.87. The lowest BCUT2D eigenvalue weighted by Gasteiger charge is -2.24. The SMILES string of the molecule is Cc1oc(-c2cccs2)nc1C(=O)NC1CCc2nccn2C1. The largest absolute Gasteiger partial charge is 0.440 e. The monoisotopic (exact) mass is 328 g/mol. The molecule has 1 atom stereocenters. The fourth-order valence-corrected chi connectivity index (χ4v) is 3.50. The van der Waals surface area contributed by atoms with Crippen LogP contribution in [0.2, 0.25) is 0 Å². The van der Waals surface area contributed by atoms with Gasteiger partial charge in [-0.25, -0.2) is 9.97 Å². The zero-order valence-corrected chi connectivity index (χ0v) is 13.5. The van der Waals surface area contributed by atoms with Crippen molar-refractivity contribution in [1.29, 1.82) is 0 Å². The molecule has 23 heavy (non-hydrogen) atoms. The van der Waals surface area contributed by atoms with E-state index in [1.165, 1.54) is 0 Å². The lowest BCUT2D eigenvalue weighted by atomic mass is 10.1. The highest BCUT2D eigenvalue weighted by Crippen LogP contribution is 2.26. The molecule has 3 aromatic rings. The Morgan fingerprint density at radius 1 is 1.52 bits per heavy atom. The van der Waals surface area contributed by atoms with Crippen LogP contribution in [0.1, 0.15) is 28.5 Å². The number of thiophene rings is 1. The van der Waals surface area contributed by atoms with Crippen molar-refractivity contribution in [2.45, 2.75) is 32.4 Å². The van der Waals surface area contributed by atoms with E-state index in [-0.39, 0.29) is 11.9 Å². The second kappa shape index (κ2) is 5.66. The molecule has 1 amide bonds. The first kappa shape index (κ1) is 14.2. The molecule has 1 unspecified atom stereocenters. The predicted octanol–water partition coefficient (Wildman–Crippen LogP) is 2.65. The summed E-state index contributed by atoms with van der Waals surface area (Å²) in [6.07, 6.45) is 5.51. The topological polar surface area (TPSA) is 73.0 Å². The number of rotatable bonds is 3. The van der Waals surface area contributed by atoms with Crippen LogP contribution in [-0.2, 0) is 13.0 Å². The molecule has 1 N–H and O–H groups in total. The van der Waals surface area contributed by atoms with Gasteiger partial charge in [0.1, 0.15) is 11.6 Å². The zero-order valence-electron chi connectivity index (χ0n) is 12.7. The fraction of sp³-hybridized carbons (Fsp3) is 0.312. The molecule has 6 nitrogen and oxygen atoms in total. The summed E-state index contributed by atoms with van der Waals surface area (Å²) in [7, 11) is 0. The number of carbonyl (C=O) groups excluding carboxylic acids is 1. The third kappa shape index (κ3) is 2.68. The fourth-order valence-electron chi connectivity index (χ4n) is 2.85. The number of fused-ring (bicyclic) bond motifs is 1. The molecule has 4 heterocycles. The van der Waals surface area contributed by atoms with Crippen LogP contribution < -0.4 is 5.32 Å². The average Bonchev–Trinajstić information content (AvgIpc) is 3.26. The van der Waals surface area contributed by atoms with Crippen molar-refractivity contribution < 1.29 is 9.21 Å². The van der Waals surface area contributed by atoms with Crippen molar-refractivity contribution in [3.63, 3.8) is 0 Å². The second-order valence-corrected chi connectivity index (χ2v) is 6.55. The third-order valence-electron chi connectivity index (χ3n) is 4.01. The van der Waals surface area contributed by atoms with E-state index in [1.807, 2.05) is 23.7 Å². The van der Waals surface area contributed by atoms with Crippen molar-refractivity contribution in [3.05, 3.63) is 47.2 Å². The number of imidazole rings is 1. The predicted molar refractivity (Wildman–Crippen MR) is 86.4 cm³/mol. The van der Waals surface area contributed by atoms with E-state index in [2.05, 4.69) is 19.9 Å². The van der Waals surface area contributed by atoms with Crippen LogP contribution in [-0.4, -0.2) is 26.5 Å². The summed E-state index contributed by atoms with van der Waals surface area (Å²) in [6, 6.07) is 3.95. The molecule has 0 radical (unpaired) electrons. The summed E-state index contributed by atoms with van der Waals surface area (Å²) in [5.74, 6) is 1.95. The molecule has 0 spiro atoms. The molecule has 4 rings (SSSR count). The number of aryl methyl sites for hydroxylation is 2. The number of oxazole rings is 1. The lowest BCUT2D eigenvalue weighted by Crippen LogP contribution is -2.41. The molecular weight excluding hydrogens is 312 g/mol. The van der Waals surface area contributed by atoms with Gasteiger partial charge in [-0.05, 0) is 24.8 Å². The van der Waals surface area contributed by atoms with Gasteiger partial charge in [0.2, 0.25) is 5.89 Å². The summed E-state index contributed by atoms with van der Waals surface area (Å²) in [5.41, 5.74) is 0.366. The number of nitrogens with zero attached hydrogens (tertiary/aromatic N) is 3. The molecule has 3 aromatic heterocycles. The summed E-state index contributed by atoms with van der Waals surface area (Å²) in [6.45, 7) is 2.52. The van der Waals surface area contributed by atoms with E-state index < -0.39 is 0 Å². The standard InChI is InChI=1S/C16H16N4O2S/c1-10-14(19-16(22-10)12-3-2-8-23-12)15(21)18-11-4-5-13-17-6-7-20(13)9-11/h2-3,6-8,11H,4-5,9H2,1H3,(H,18,21). The van der Waals surface area contributed by atoms with Crippen LogP contribution >= 0.6 is 11.3 Å². The number of hydrogen-bond donors (Lipinski definition) is 1. The Labute approximate surface area is 137 Å². The Morgan fingerprint density at radius 3 is 3.26 bits per heavy atom. The van der Waals surface area contributed by atoms with Crippen LogP contribution in [0.5, 0.6) is 0 Å². The maximum Gasteiger partial charge on any atom is 0.273 e. The van der Waals surface area contributed by atoms with Crippen LogP contribution in [0.3, 0.4) is 0 Å². The van der Waals surface area contributed by atoms with E-state index in [9.17, 15) is 4.79 Å². The van der Waals surface area contributed by atoms with E-state index in [0.29, 0.717) is 17.3 Å². The van der Waals surface area contributed by atoms with E-state index in [4.69, 9.17) is 4.42 Å². The van der Waals surface area contributed by atoms with Gasteiger partial charge in [0, 0.05) is 31.4 Å². The van der Waals surface area contributed by atoms with Crippen molar-refractivity contribution in [1.82, 2.24) is 19.9 Å². The Balaban J connectivity index is 1.50. The first-order chi connectivity index (χ1) is 11.2. The Kier molecular flexibility index (Phi) is 3.49. The highest BCUT2D eigenvalue weighted by Gasteiger charge is 2.24. The highest BCUT2D eigenvalue weighted by atomic mass is 32.1. The minimum Gasteiger partial charge on any atom is -0.440 e.